The van der Waals surface area contributed by atoms with Gasteiger partial charge in [-0.15, -0.1) is 10.2 Å². The number of pyridine rings is 1. The van der Waals surface area contributed by atoms with E-state index in [9.17, 15) is 14.7 Å². The normalized spacial score (nSPS) is 18.0. The zero-order chi connectivity index (χ0) is 24.5. The molecule has 0 saturated carbocycles. The summed E-state index contributed by atoms with van der Waals surface area (Å²) in [6.07, 6.45) is 3.81. The minimum Gasteiger partial charge on any atom is -0.391 e. The lowest BCUT2D eigenvalue weighted by Gasteiger charge is -2.33. The first-order valence-corrected chi connectivity index (χ1v) is 11.4. The van der Waals surface area contributed by atoms with Crippen molar-refractivity contribution in [1.82, 2.24) is 24.6 Å². The topological polar surface area (TPSA) is 113 Å². The van der Waals surface area contributed by atoms with Gasteiger partial charge in [-0.3, -0.25) is 14.6 Å². The van der Waals surface area contributed by atoms with E-state index in [-0.39, 0.29) is 17.5 Å². The predicted molar refractivity (Wildman–Crippen MR) is 127 cm³/mol. The molecule has 0 radical (unpaired) electrons. The van der Waals surface area contributed by atoms with Crippen LogP contribution in [0.4, 0.5) is 5.69 Å². The molecule has 1 aliphatic rings. The number of aliphatic hydroxyl groups is 1. The van der Waals surface area contributed by atoms with Crippen molar-refractivity contribution < 1.29 is 14.7 Å². The van der Waals surface area contributed by atoms with Crippen molar-refractivity contribution in [2.75, 3.05) is 11.9 Å². The second-order valence-corrected chi connectivity index (χ2v) is 9.39. The lowest BCUT2D eigenvalue weighted by molar-refractivity contribution is 0.0394. The number of nitrogens with zero attached hydrogens (tertiary/aromatic N) is 5. The van der Waals surface area contributed by atoms with Crippen molar-refractivity contribution in [1.29, 1.82) is 0 Å². The number of carbonyl (C=O) groups is 2. The molecule has 1 unspecified atom stereocenters. The molecule has 2 amide bonds. The highest BCUT2D eigenvalue weighted by atomic mass is 16.3. The number of aromatic nitrogens is 4. The predicted octanol–water partition coefficient (Wildman–Crippen LogP) is 2.79. The van der Waals surface area contributed by atoms with Crippen LogP contribution in [0.15, 0.2) is 48.9 Å². The quantitative estimate of drug-likeness (QED) is 0.582. The second-order valence-electron chi connectivity index (χ2n) is 9.39. The lowest BCUT2D eigenvalue weighted by atomic mass is 9.97. The van der Waals surface area contributed by atoms with Gasteiger partial charge in [-0.1, -0.05) is 19.1 Å². The van der Waals surface area contributed by atoms with Crippen molar-refractivity contribution in [3.05, 3.63) is 71.6 Å². The highest BCUT2D eigenvalue weighted by Gasteiger charge is 2.43. The zero-order valence-corrected chi connectivity index (χ0v) is 19.9. The van der Waals surface area contributed by atoms with E-state index in [1.807, 2.05) is 49.7 Å². The Kier molecular flexibility index (Phi) is 6.47. The average Bonchev–Trinajstić information content (AvgIpc) is 3.34. The first-order chi connectivity index (χ1) is 16.2. The number of hydrogen-bond acceptors (Lipinski definition) is 6. The van der Waals surface area contributed by atoms with Crippen LogP contribution in [0.3, 0.4) is 0 Å². The van der Waals surface area contributed by atoms with Gasteiger partial charge in [-0.25, -0.2) is 0 Å². The average molecular weight is 463 g/mol. The molecule has 9 nitrogen and oxygen atoms in total. The van der Waals surface area contributed by atoms with E-state index in [0.29, 0.717) is 24.2 Å². The van der Waals surface area contributed by atoms with Crippen LogP contribution in [0, 0.1) is 0 Å². The molecule has 3 aromatic rings. The molecule has 2 atom stereocenters. The van der Waals surface area contributed by atoms with Gasteiger partial charge in [-0.2, -0.15) is 0 Å². The molecule has 178 valence electrons. The maximum Gasteiger partial charge on any atom is 0.274 e. The summed E-state index contributed by atoms with van der Waals surface area (Å²) in [6.45, 7) is 6.25. The number of carbonyl (C=O) groups excluding carboxylic acids is 2. The van der Waals surface area contributed by atoms with Crippen LogP contribution < -0.4 is 5.32 Å². The summed E-state index contributed by atoms with van der Waals surface area (Å²) < 4.78 is 1.89. The number of benzene rings is 1. The Balaban J connectivity index is 1.47. The van der Waals surface area contributed by atoms with Crippen LogP contribution in [-0.2, 0) is 13.5 Å². The number of aliphatic hydroxyl groups excluding tert-OH is 1. The highest BCUT2D eigenvalue weighted by Crippen LogP contribution is 2.30. The Labute approximate surface area is 198 Å². The Hall–Kier alpha value is -3.59. The third-order valence-corrected chi connectivity index (χ3v) is 6.63. The first kappa shape index (κ1) is 23.6. The van der Waals surface area contributed by atoms with Crippen molar-refractivity contribution in [3.8, 4) is 0 Å². The molecular formula is C25H30N6O3. The van der Waals surface area contributed by atoms with E-state index in [1.165, 1.54) is 12.3 Å². The van der Waals surface area contributed by atoms with Gasteiger partial charge in [0.1, 0.15) is 17.8 Å². The molecule has 3 heterocycles. The largest absolute Gasteiger partial charge is 0.391 e. The fourth-order valence-corrected chi connectivity index (χ4v) is 4.28. The molecule has 0 aliphatic carbocycles. The SMILES string of the molecule is C[C@H](Cc1nncn1C)c1cccc(NC(=O)c2cc(C(=O)N3CCC(O)C3(C)C)ccn2)c1. The highest BCUT2D eigenvalue weighted by molar-refractivity contribution is 6.05. The van der Waals surface area contributed by atoms with E-state index < -0.39 is 17.6 Å². The van der Waals surface area contributed by atoms with Crippen LogP contribution in [0.2, 0.25) is 0 Å². The molecule has 4 rings (SSSR count). The molecule has 9 heteroatoms. The fraction of sp³-hybridized carbons (Fsp3) is 0.400. The third kappa shape index (κ3) is 4.70. The van der Waals surface area contributed by atoms with Gasteiger partial charge in [0.15, 0.2) is 0 Å². The number of hydrogen-bond donors (Lipinski definition) is 2. The monoisotopic (exact) mass is 462 g/mol. The molecule has 1 aromatic carbocycles. The number of nitrogens with one attached hydrogen (secondary N) is 1. The Bertz CT molecular complexity index is 1200. The minimum atomic E-state index is -0.662. The van der Waals surface area contributed by atoms with Crippen molar-refractivity contribution >= 4 is 17.5 Å². The minimum absolute atomic E-state index is 0.154. The van der Waals surface area contributed by atoms with Crippen LogP contribution in [-0.4, -0.2) is 59.8 Å². The van der Waals surface area contributed by atoms with Gasteiger partial charge in [-0.05, 0) is 56.0 Å². The van der Waals surface area contributed by atoms with E-state index >= 15 is 0 Å². The maximum atomic E-state index is 13.1. The summed E-state index contributed by atoms with van der Waals surface area (Å²) in [7, 11) is 1.91. The number of rotatable bonds is 6. The second kappa shape index (κ2) is 9.34. The molecule has 2 N–H and O–H groups in total. The third-order valence-electron chi connectivity index (χ3n) is 6.63. The molecule has 1 aliphatic heterocycles. The lowest BCUT2D eigenvalue weighted by Crippen LogP contribution is -2.48. The molecule has 34 heavy (non-hydrogen) atoms. The van der Waals surface area contributed by atoms with E-state index in [0.717, 1.165) is 17.8 Å². The Morgan fingerprint density at radius 2 is 2.06 bits per heavy atom. The summed E-state index contributed by atoms with van der Waals surface area (Å²) in [5, 5.41) is 21.2. The number of anilines is 1. The van der Waals surface area contributed by atoms with Crippen LogP contribution in [0.5, 0.6) is 0 Å². The summed E-state index contributed by atoms with van der Waals surface area (Å²) in [5.41, 5.74) is 1.57. The number of likely N-dealkylation sites (tertiary alicyclic amines) is 1. The first-order valence-electron chi connectivity index (χ1n) is 11.4. The number of amides is 2. The van der Waals surface area contributed by atoms with E-state index in [4.69, 9.17) is 0 Å². The van der Waals surface area contributed by atoms with Crippen molar-refractivity contribution in [2.24, 2.45) is 7.05 Å². The molecule has 0 spiro atoms. The van der Waals surface area contributed by atoms with Crippen LogP contribution >= 0.6 is 0 Å². The smallest absolute Gasteiger partial charge is 0.274 e. The fourth-order valence-electron chi connectivity index (χ4n) is 4.28. The van der Waals surface area contributed by atoms with Gasteiger partial charge in [0.05, 0.1) is 11.6 Å². The Morgan fingerprint density at radius 3 is 2.74 bits per heavy atom. The van der Waals surface area contributed by atoms with Gasteiger partial charge < -0.3 is 19.9 Å². The summed E-state index contributed by atoms with van der Waals surface area (Å²) in [6, 6.07) is 10.8. The molecule has 2 aromatic heterocycles. The van der Waals surface area contributed by atoms with Gasteiger partial charge in [0, 0.05) is 37.5 Å². The molecular weight excluding hydrogens is 432 g/mol. The van der Waals surface area contributed by atoms with Crippen molar-refractivity contribution in [2.45, 2.75) is 51.2 Å². The van der Waals surface area contributed by atoms with Gasteiger partial charge in [0.2, 0.25) is 0 Å². The van der Waals surface area contributed by atoms with E-state index in [1.54, 1.807) is 17.3 Å². The zero-order valence-electron chi connectivity index (χ0n) is 19.9. The standard InChI is InChI=1S/C25H30N6O3/c1-16(12-22-29-27-15-30(22)4)17-6-5-7-19(13-17)28-23(33)20-14-18(8-10-26-20)24(34)31-11-9-21(32)25(31,2)3/h5-8,10,13-16,21,32H,9,11-12H2,1-4H3,(H,28,33)/t16-,21?/m1/s1. The van der Waals surface area contributed by atoms with Crippen molar-refractivity contribution in [3.63, 3.8) is 0 Å². The Morgan fingerprint density at radius 1 is 1.26 bits per heavy atom. The van der Waals surface area contributed by atoms with Gasteiger partial charge >= 0.3 is 0 Å². The van der Waals surface area contributed by atoms with Crippen LogP contribution in [0.25, 0.3) is 0 Å². The summed E-state index contributed by atoms with van der Waals surface area (Å²) in [5.74, 6) is 0.449. The van der Waals surface area contributed by atoms with Crippen LogP contribution in [0.1, 0.15) is 65.3 Å². The molecule has 1 saturated heterocycles. The summed E-state index contributed by atoms with van der Waals surface area (Å²) in [4.78, 5) is 31.8. The van der Waals surface area contributed by atoms with E-state index in [2.05, 4.69) is 27.4 Å². The maximum absolute atomic E-state index is 13.1. The number of aryl methyl sites for hydroxylation is 1. The summed E-state index contributed by atoms with van der Waals surface area (Å²) >= 11 is 0. The molecule has 1 fully saturated rings. The van der Waals surface area contributed by atoms with Gasteiger partial charge in [0.25, 0.3) is 11.8 Å². The molecule has 0 bridgehead atoms.